The van der Waals surface area contributed by atoms with E-state index in [4.69, 9.17) is 9.31 Å². The molecule has 122 valence electrons. The van der Waals surface area contributed by atoms with E-state index < -0.39 is 23.9 Å². The van der Waals surface area contributed by atoms with Crippen molar-refractivity contribution >= 4 is 29.8 Å². The first-order valence-electron chi connectivity index (χ1n) is 7.35. The number of rotatable bonds is 4. The molecule has 1 aromatic rings. The van der Waals surface area contributed by atoms with Crippen molar-refractivity contribution in [2.45, 2.75) is 58.3 Å². The molecule has 1 aliphatic rings. The van der Waals surface area contributed by atoms with Gasteiger partial charge in [0.2, 0.25) is 0 Å². The van der Waals surface area contributed by atoms with E-state index >= 15 is 0 Å². The second kappa shape index (κ2) is 5.63. The Morgan fingerprint density at radius 2 is 1.86 bits per heavy atom. The molecule has 1 fully saturated rings. The van der Waals surface area contributed by atoms with Crippen molar-refractivity contribution < 1.29 is 19.2 Å². The summed E-state index contributed by atoms with van der Waals surface area (Å²) in [7, 11) is -0.464. The van der Waals surface area contributed by atoms with Gasteiger partial charge in [0.05, 0.1) is 28.2 Å². The number of aliphatic hydroxyl groups is 1. The molecule has 1 amide bonds. The Bertz CT molecular complexity index is 552. The zero-order valence-corrected chi connectivity index (χ0v) is 14.8. The molecule has 0 saturated carbocycles. The van der Waals surface area contributed by atoms with E-state index in [2.05, 4.69) is 5.32 Å². The maximum atomic E-state index is 12.2. The van der Waals surface area contributed by atoms with Crippen LogP contribution in [0.4, 0.5) is 0 Å². The van der Waals surface area contributed by atoms with Crippen LogP contribution in [0.2, 0.25) is 0 Å². The largest absolute Gasteiger partial charge is 0.495 e. The highest BCUT2D eigenvalue weighted by molar-refractivity contribution is 7.13. The molecule has 1 aromatic heterocycles. The molecule has 0 aliphatic carbocycles. The summed E-state index contributed by atoms with van der Waals surface area (Å²) in [6.45, 7) is 11.4. The van der Waals surface area contributed by atoms with Gasteiger partial charge in [-0.15, -0.1) is 11.3 Å². The number of carbonyl (C=O) groups is 1. The van der Waals surface area contributed by atoms with Crippen molar-refractivity contribution in [2.24, 2.45) is 0 Å². The molecule has 0 unspecified atom stereocenters. The Morgan fingerprint density at radius 3 is 2.36 bits per heavy atom. The van der Waals surface area contributed by atoms with Gasteiger partial charge in [-0.3, -0.25) is 4.79 Å². The molecular formula is C15H24BNO4S. The maximum Gasteiger partial charge on any atom is 0.495 e. The number of thiophene rings is 1. The van der Waals surface area contributed by atoms with Gasteiger partial charge in [-0.05, 0) is 58.5 Å². The molecule has 1 aliphatic heterocycles. The molecule has 2 rings (SSSR count). The third-order valence-electron chi connectivity index (χ3n) is 4.22. The molecule has 22 heavy (non-hydrogen) atoms. The molecule has 0 aromatic carbocycles. The molecule has 0 spiro atoms. The normalized spacial score (nSPS) is 20.2. The first kappa shape index (κ1) is 17.5. The number of hydrogen-bond donors (Lipinski definition) is 2. The van der Waals surface area contributed by atoms with E-state index in [-0.39, 0.29) is 12.5 Å². The molecule has 2 N–H and O–H groups in total. The summed E-state index contributed by atoms with van der Waals surface area (Å²) in [6.07, 6.45) is 0. The van der Waals surface area contributed by atoms with Gasteiger partial charge in [-0.1, -0.05) is 0 Å². The van der Waals surface area contributed by atoms with Crippen LogP contribution in [0.5, 0.6) is 0 Å². The van der Waals surface area contributed by atoms with Crippen molar-refractivity contribution in [1.29, 1.82) is 0 Å². The molecule has 7 heteroatoms. The van der Waals surface area contributed by atoms with E-state index in [9.17, 15) is 9.90 Å². The highest BCUT2D eigenvalue weighted by Crippen LogP contribution is 2.36. The van der Waals surface area contributed by atoms with Crippen molar-refractivity contribution in [3.8, 4) is 0 Å². The number of amides is 1. The van der Waals surface area contributed by atoms with E-state index in [0.29, 0.717) is 4.88 Å². The van der Waals surface area contributed by atoms with Crippen LogP contribution in [-0.2, 0) is 9.31 Å². The Labute approximate surface area is 136 Å². The van der Waals surface area contributed by atoms with Gasteiger partial charge in [0, 0.05) is 0 Å². The van der Waals surface area contributed by atoms with Crippen LogP contribution in [0, 0.1) is 0 Å². The van der Waals surface area contributed by atoms with Crippen LogP contribution in [-0.4, -0.2) is 41.5 Å². The van der Waals surface area contributed by atoms with Gasteiger partial charge < -0.3 is 19.7 Å². The molecular weight excluding hydrogens is 301 g/mol. The minimum atomic E-state index is -0.647. The molecule has 1 saturated heterocycles. The van der Waals surface area contributed by atoms with Gasteiger partial charge in [-0.25, -0.2) is 0 Å². The van der Waals surface area contributed by atoms with Crippen LogP contribution in [0.25, 0.3) is 0 Å². The molecule has 0 radical (unpaired) electrons. The van der Waals surface area contributed by atoms with Crippen molar-refractivity contribution in [3.63, 3.8) is 0 Å². The smallest absolute Gasteiger partial charge is 0.399 e. The van der Waals surface area contributed by atoms with Gasteiger partial charge >= 0.3 is 7.12 Å². The molecule has 5 nitrogen and oxygen atoms in total. The van der Waals surface area contributed by atoms with Crippen molar-refractivity contribution in [2.75, 3.05) is 6.61 Å². The van der Waals surface area contributed by atoms with Gasteiger partial charge in [0.25, 0.3) is 5.91 Å². The Kier molecular flexibility index (Phi) is 4.47. The van der Waals surface area contributed by atoms with Crippen LogP contribution < -0.4 is 10.8 Å². The average Bonchev–Trinajstić information content (AvgIpc) is 2.93. The molecule has 0 atom stereocenters. The summed E-state index contributed by atoms with van der Waals surface area (Å²) in [5.74, 6) is -0.202. The number of hydrogen-bond acceptors (Lipinski definition) is 5. The zero-order valence-electron chi connectivity index (χ0n) is 14.0. The summed E-state index contributed by atoms with van der Waals surface area (Å²) in [5, 5.41) is 13.9. The first-order chi connectivity index (χ1) is 9.97. The summed E-state index contributed by atoms with van der Waals surface area (Å²) >= 11 is 1.34. The summed E-state index contributed by atoms with van der Waals surface area (Å²) in [4.78, 5) is 12.8. The molecule has 2 heterocycles. The lowest BCUT2D eigenvalue weighted by Crippen LogP contribution is -2.46. The van der Waals surface area contributed by atoms with Crippen LogP contribution in [0.1, 0.15) is 51.2 Å². The predicted molar refractivity (Wildman–Crippen MR) is 88.7 cm³/mol. The Morgan fingerprint density at radius 1 is 1.32 bits per heavy atom. The molecule has 0 bridgehead atoms. The maximum absolute atomic E-state index is 12.2. The summed E-state index contributed by atoms with van der Waals surface area (Å²) < 4.78 is 12.0. The average molecular weight is 325 g/mol. The lowest BCUT2D eigenvalue weighted by Gasteiger charge is -2.32. The quantitative estimate of drug-likeness (QED) is 0.824. The third kappa shape index (κ3) is 3.37. The third-order valence-corrected chi connectivity index (χ3v) is 5.16. The second-order valence-corrected chi connectivity index (χ2v) is 8.24. The Balaban J connectivity index is 2.12. The second-order valence-electron chi connectivity index (χ2n) is 7.33. The predicted octanol–water partition coefficient (Wildman–Crippen LogP) is 1.55. The lowest BCUT2D eigenvalue weighted by molar-refractivity contribution is 0.00578. The lowest BCUT2D eigenvalue weighted by atomic mass is 9.81. The standard InChI is InChI=1S/C15H24BNO4S/c1-13(2,9-18)17-12(19)11-7-10(8-22-11)16-20-14(3,4)15(5,6)21-16/h7-8,18H,9H2,1-6H3,(H,17,19). The highest BCUT2D eigenvalue weighted by Gasteiger charge is 2.52. The first-order valence-corrected chi connectivity index (χ1v) is 8.23. The summed E-state index contributed by atoms with van der Waals surface area (Å²) in [6, 6.07) is 1.79. The van der Waals surface area contributed by atoms with Crippen molar-refractivity contribution in [1.82, 2.24) is 5.32 Å². The van der Waals surface area contributed by atoms with Gasteiger partial charge in [-0.2, -0.15) is 0 Å². The van der Waals surface area contributed by atoms with Crippen LogP contribution in [0.15, 0.2) is 11.4 Å². The SMILES string of the molecule is CC(C)(CO)NC(=O)c1cc(B2OC(C)(C)C(C)(C)O2)cs1. The van der Waals surface area contributed by atoms with E-state index in [1.807, 2.05) is 33.1 Å². The number of carbonyl (C=O) groups excluding carboxylic acids is 1. The number of nitrogens with one attached hydrogen (secondary N) is 1. The van der Waals surface area contributed by atoms with Gasteiger partial charge in [0.15, 0.2) is 0 Å². The topological polar surface area (TPSA) is 67.8 Å². The van der Waals surface area contributed by atoms with Crippen LogP contribution in [0.3, 0.4) is 0 Å². The van der Waals surface area contributed by atoms with E-state index in [1.54, 1.807) is 19.9 Å². The van der Waals surface area contributed by atoms with Crippen LogP contribution >= 0.6 is 11.3 Å². The minimum Gasteiger partial charge on any atom is -0.399 e. The fourth-order valence-corrected chi connectivity index (χ4v) is 2.79. The van der Waals surface area contributed by atoms with E-state index in [0.717, 1.165) is 5.46 Å². The number of aliphatic hydroxyl groups excluding tert-OH is 1. The van der Waals surface area contributed by atoms with Gasteiger partial charge in [0.1, 0.15) is 0 Å². The fourth-order valence-electron chi connectivity index (χ4n) is 1.98. The zero-order chi connectivity index (χ0) is 16.8. The van der Waals surface area contributed by atoms with Crippen molar-refractivity contribution in [3.05, 3.63) is 16.3 Å². The summed E-state index contributed by atoms with van der Waals surface area (Å²) in [5.41, 5.74) is -0.608. The van der Waals surface area contributed by atoms with E-state index in [1.165, 1.54) is 11.3 Å². The monoisotopic (exact) mass is 325 g/mol. The Hall–Kier alpha value is -0.885. The highest BCUT2D eigenvalue weighted by atomic mass is 32.1. The fraction of sp³-hybridized carbons (Fsp3) is 0.667. The minimum absolute atomic E-state index is 0.117.